The molecule has 0 saturated heterocycles. The third-order valence-corrected chi connectivity index (χ3v) is 8.74. The van der Waals surface area contributed by atoms with E-state index in [1.54, 1.807) is 19.0 Å². The molecule has 0 aliphatic heterocycles. The molecule has 1 fully saturated rings. The average molecular weight is 597 g/mol. The molecular weight excluding hydrogens is 548 g/mol. The molecule has 1 amide bonds. The lowest BCUT2D eigenvalue weighted by Crippen LogP contribution is -2.66. The summed E-state index contributed by atoms with van der Waals surface area (Å²) in [6.45, 7) is 15.0. The van der Waals surface area contributed by atoms with Gasteiger partial charge in [-0.2, -0.15) is 0 Å². The number of phenolic OH excluding ortho intramolecular Hbond substituents is 1. The summed E-state index contributed by atoms with van der Waals surface area (Å²) in [5.74, 6) is -4.94. The van der Waals surface area contributed by atoms with Crippen LogP contribution in [0.2, 0.25) is 0 Å². The molecule has 10 heteroatoms. The van der Waals surface area contributed by atoms with Crippen molar-refractivity contribution in [3.63, 3.8) is 0 Å². The van der Waals surface area contributed by atoms with Gasteiger partial charge in [0.2, 0.25) is 11.6 Å². The number of benzene rings is 1. The lowest BCUT2D eigenvalue weighted by molar-refractivity contribution is -0.160. The quantitative estimate of drug-likeness (QED) is 0.195. The Balaban J connectivity index is 1.85. The normalized spacial score (nSPS) is 25.8. The number of nitrogens with one attached hydrogen (secondary N) is 2. The van der Waals surface area contributed by atoms with E-state index in [1.165, 1.54) is 6.08 Å². The van der Waals surface area contributed by atoms with Crippen LogP contribution in [0.1, 0.15) is 70.2 Å². The number of phenols is 1. The van der Waals surface area contributed by atoms with Crippen LogP contribution in [0, 0.1) is 22.7 Å². The first kappa shape index (κ1) is 32.9. The molecule has 0 aromatic heterocycles. The Morgan fingerprint density at radius 1 is 1.00 bits per heavy atom. The number of Topliss-reactive ketones (excluding diaryl/α,β-unsaturated/α-hetero) is 2. The van der Waals surface area contributed by atoms with E-state index in [1.807, 2.05) is 6.07 Å². The summed E-state index contributed by atoms with van der Waals surface area (Å²) in [5, 5.41) is 41.9. The van der Waals surface area contributed by atoms with E-state index in [9.17, 15) is 29.7 Å². The highest BCUT2D eigenvalue weighted by Gasteiger charge is 2.63. The Hall–Kier alpha value is -3.05. The Morgan fingerprint density at radius 2 is 1.56 bits per heavy atom. The zero-order valence-electron chi connectivity index (χ0n) is 26.7. The molecule has 0 bridgehead atoms. The van der Waals surface area contributed by atoms with Crippen LogP contribution in [-0.2, 0) is 33.9 Å². The van der Waals surface area contributed by atoms with Crippen LogP contribution in [0.15, 0.2) is 23.3 Å². The molecule has 43 heavy (non-hydrogen) atoms. The third kappa shape index (κ3) is 6.16. The molecule has 0 heterocycles. The van der Waals surface area contributed by atoms with Gasteiger partial charge < -0.3 is 36.6 Å². The van der Waals surface area contributed by atoms with Crippen LogP contribution < -0.4 is 16.4 Å². The topological polar surface area (TPSA) is 165 Å². The fourth-order valence-electron chi connectivity index (χ4n) is 6.71. The second-order valence-corrected chi connectivity index (χ2v) is 15.1. The highest BCUT2D eigenvalue weighted by atomic mass is 16.3. The number of aliphatic hydroxyl groups is 2. The average Bonchev–Trinajstić information content (AvgIpc) is 2.86. The summed E-state index contributed by atoms with van der Waals surface area (Å²) in [6.07, 6.45) is 1.99. The number of amides is 1. The first-order chi connectivity index (χ1) is 19.8. The minimum atomic E-state index is -2.57. The molecule has 1 saturated carbocycles. The second-order valence-electron chi connectivity index (χ2n) is 15.1. The van der Waals surface area contributed by atoms with Crippen molar-refractivity contribution in [1.82, 2.24) is 15.5 Å². The third-order valence-electron chi connectivity index (χ3n) is 8.74. The lowest BCUT2D eigenvalue weighted by atomic mass is 9.57. The van der Waals surface area contributed by atoms with E-state index in [4.69, 9.17) is 5.73 Å². The highest BCUT2D eigenvalue weighted by molar-refractivity contribution is 6.32. The first-order valence-corrected chi connectivity index (χ1v) is 15.0. The van der Waals surface area contributed by atoms with Crippen LogP contribution in [-0.4, -0.2) is 76.5 Å². The molecule has 0 unspecified atom stereocenters. The number of hydrogen-bond donors (Lipinski definition) is 6. The number of ketones is 2. The lowest BCUT2D eigenvalue weighted by Gasteiger charge is -2.49. The number of rotatable bonds is 8. The number of primary amides is 1. The van der Waals surface area contributed by atoms with Gasteiger partial charge in [0.15, 0.2) is 5.60 Å². The molecule has 3 aliphatic rings. The molecule has 4 atom stereocenters. The molecule has 7 N–H and O–H groups in total. The summed E-state index contributed by atoms with van der Waals surface area (Å²) < 4.78 is 0. The number of carbonyl (C=O) groups excluding carboxylic acids is 3. The second kappa shape index (κ2) is 11.5. The molecule has 236 valence electrons. The summed E-state index contributed by atoms with van der Waals surface area (Å²) in [5.41, 5.74) is 4.81. The SMILES string of the molecule is CN(C)[C@@H]1C=C(C(N)=O)C(=O)[C@@]2(O)C(=O)C3=C(O)c4c(O)c(CNCC(C)(C)C)cc(CNCC(C)(C)C)c4C[C@H]3C[C@@H]12. The maximum absolute atomic E-state index is 14.1. The van der Waals surface area contributed by atoms with E-state index in [2.05, 4.69) is 52.2 Å². The van der Waals surface area contributed by atoms with E-state index >= 15 is 0 Å². The molecule has 1 aromatic carbocycles. The fourth-order valence-corrected chi connectivity index (χ4v) is 6.71. The van der Waals surface area contributed by atoms with Gasteiger partial charge in [-0.3, -0.25) is 14.4 Å². The van der Waals surface area contributed by atoms with E-state index < -0.39 is 52.3 Å². The predicted molar refractivity (Wildman–Crippen MR) is 165 cm³/mol. The van der Waals surface area contributed by atoms with Crippen molar-refractivity contribution < 1.29 is 29.7 Å². The number of hydrogen-bond acceptors (Lipinski definition) is 9. The monoisotopic (exact) mass is 596 g/mol. The van der Waals surface area contributed by atoms with Gasteiger partial charge in [0.25, 0.3) is 5.91 Å². The molecule has 4 rings (SSSR count). The summed E-state index contributed by atoms with van der Waals surface area (Å²) in [6, 6.07) is 1.34. The van der Waals surface area contributed by atoms with Crippen LogP contribution in [0.25, 0.3) is 5.76 Å². The van der Waals surface area contributed by atoms with Crippen LogP contribution in [0.5, 0.6) is 5.75 Å². The molecule has 3 aliphatic carbocycles. The van der Waals surface area contributed by atoms with Crippen molar-refractivity contribution in [2.75, 3.05) is 27.2 Å². The number of carbonyl (C=O) groups is 3. The number of nitrogens with zero attached hydrogens (tertiary/aromatic N) is 1. The van der Waals surface area contributed by atoms with Crippen molar-refractivity contribution in [2.45, 2.75) is 79.1 Å². The van der Waals surface area contributed by atoms with Gasteiger partial charge in [0.05, 0.1) is 11.1 Å². The van der Waals surface area contributed by atoms with Crippen molar-refractivity contribution in [1.29, 1.82) is 0 Å². The largest absolute Gasteiger partial charge is 0.507 e. The van der Waals surface area contributed by atoms with Gasteiger partial charge in [-0.25, -0.2) is 0 Å². The van der Waals surface area contributed by atoms with Crippen LogP contribution in [0.4, 0.5) is 0 Å². The van der Waals surface area contributed by atoms with Crippen molar-refractivity contribution in [3.8, 4) is 5.75 Å². The zero-order valence-corrected chi connectivity index (χ0v) is 26.7. The maximum Gasteiger partial charge on any atom is 0.252 e. The smallest absolute Gasteiger partial charge is 0.252 e. The van der Waals surface area contributed by atoms with E-state index in [0.29, 0.717) is 31.6 Å². The molecular formula is C33H48N4O6. The van der Waals surface area contributed by atoms with Gasteiger partial charge in [0, 0.05) is 49.3 Å². The summed E-state index contributed by atoms with van der Waals surface area (Å²) >= 11 is 0. The number of aromatic hydroxyl groups is 1. The van der Waals surface area contributed by atoms with Crippen molar-refractivity contribution in [2.24, 2.45) is 28.4 Å². The van der Waals surface area contributed by atoms with Gasteiger partial charge in [-0.15, -0.1) is 0 Å². The van der Waals surface area contributed by atoms with Gasteiger partial charge in [-0.05, 0) is 60.9 Å². The molecule has 1 aromatic rings. The molecule has 0 radical (unpaired) electrons. The zero-order chi connectivity index (χ0) is 32.2. The first-order valence-electron chi connectivity index (χ1n) is 15.0. The Bertz CT molecular complexity index is 1400. The van der Waals surface area contributed by atoms with Gasteiger partial charge in [0.1, 0.15) is 11.5 Å². The van der Waals surface area contributed by atoms with Crippen LogP contribution in [0.3, 0.4) is 0 Å². The Labute approximate surface area is 254 Å². The highest BCUT2D eigenvalue weighted by Crippen LogP contribution is 2.52. The number of nitrogens with two attached hydrogens (primary N) is 1. The standard InChI is InChI=1S/C33H48N4O6/c1-31(2,3)15-35-13-18-9-19(14-36-16-32(4,5)6)26(38)25-20(18)10-17-11-22-23(37(7)8)12-21(30(34)42)28(40)33(22,43)29(41)24(17)27(25)39/h9,12,17,22-23,35-36,38-39,43H,10-11,13-16H2,1-8H3,(H2,34,42)/t17-,22-,23+,33+/m0/s1. The molecule has 0 spiro atoms. The number of aliphatic hydroxyl groups excluding tert-OH is 1. The summed E-state index contributed by atoms with van der Waals surface area (Å²) in [4.78, 5) is 41.5. The predicted octanol–water partition coefficient (Wildman–Crippen LogP) is 2.35. The minimum absolute atomic E-state index is 0.00786. The van der Waals surface area contributed by atoms with E-state index in [0.717, 1.165) is 17.7 Å². The summed E-state index contributed by atoms with van der Waals surface area (Å²) in [7, 11) is 3.48. The number of fused-ring (bicyclic) bond motifs is 3. The Morgan fingerprint density at radius 3 is 2.07 bits per heavy atom. The maximum atomic E-state index is 14.1. The minimum Gasteiger partial charge on any atom is -0.507 e. The Kier molecular flexibility index (Phi) is 8.76. The fraction of sp³-hybridized carbons (Fsp3) is 0.606. The van der Waals surface area contributed by atoms with Crippen molar-refractivity contribution >= 4 is 23.2 Å². The van der Waals surface area contributed by atoms with Gasteiger partial charge in [-0.1, -0.05) is 47.6 Å². The molecule has 10 nitrogen and oxygen atoms in total. The van der Waals surface area contributed by atoms with E-state index in [-0.39, 0.29) is 34.1 Å². The van der Waals surface area contributed by atoms with Gasteiger partial charge >= 0.3 is 0 Å². The van der Waals surface area contributed by atoms with Crippen LogP contribution >= 0.6 is 0 Å². The number of likely N-dealkylation sites (N-methyl/N-ethyl adjacent to an activating group) is 1. The van der Waals surface area contributed by atoms with Crippen molar-refractivity contribution in [3.05, 3.63) is 45.5 Å².